The maximum atomic E-state index is 9.92. The van der Waals surface area contributed by atoms with Crippen molar-refractivity contribution in [3.05, 3.63) is 36.4 Å². The van der Waals surface area contributed by atoms with E-state index in [-0.39, 0.29) is 6.61 Å². The first-order chi connectivity index (χ1) is 10.1. The summed E-state index contributed by atoms with van der Waals surface area (Å²) in [5.74, 6) is 0.524. The van der Waals surface area contributed by atoms with E-state index < -0.39 is 24.6 Å². The maximum absolute atomic E-state index is 9.92. The van der Waals surface area contributed by atoms with Crippen LogP contribution in [0.25, 0.3) is 10.8 Å². The summed E-state index contributed by atoms with van der Waals surface area (Å²) < 4.78 is 10.9. The lowest BCUT2D eigenvalue weighted by Crippen LogP contribution is -2.54. The lowest BCUT2D eigenvalue weighted by atomic mass is 10.1. The second-order valence-electron chi connectivity index (χ2n) is 5.00. The van der Waals surface area contributed by atoms with Crippen LogP contribution in [0.4, 0.5) is 0 Å². The number of hydrogen-bond acceptors (Lipinski definition) is 6. The number of fused-ring (bicyclic) bond motifs is 1. The van der Waals surface area contributed by atoms with Crippen LogP contribution in [-0.4, -0.2) is 46.5 Å². The van der Waals surface area contributed by atoms with Crippen LogP contribution in [0.3, 0.4) is 0 Å². The zero-order chi connectivity index (χ0) is 15.0. The van der Waals surface area contributed by atoms with E-state index in [0.717, 1.165) is 15.7 Å². The summed E-state index contributed by atoms with van der Waals surface area (Å²) in [6, 6.07) is 11.1. The van der Waals surface area contributed by atoms with E-state index in [1.165, 1.54) is 0 Å². The van der Waals surface area contributed by atoms with Gasteiger partial charge >= 0.3 is 0 Å². The van der Waals surface area contributed by atoms with Crippen molar-refractivity contribution in [2.45, 2.75) is 29.5 Å². The number of aliphatic hydroxyl groups is 3. The van der Waals surface area contributed by atoms with E-state index in [1.807, 2.05) is 24.3 Å². The molecule has 2 aromatic rings. The Labute approximate surface area is 127 Å². The lowest BCUT2D eigenvalue weighted by molar-refractivity contribution is -0.241. The smallest absolute Gasteiger partial charge is 0.228 e. The van der Waals surface area contributed by atoms with Crippen molar-refractivity contribution in [1.82, 2.24) is 0 Å². The van der Waals surface area contributed by atoms with Crippen molar-refractivity contribution in [3.63, 3.8) is 0 Å². The fourth-order valence-corrected chi connectivity index (χ4v) is 2.64. The van der Waals surface area contributed by atoms with Crippen LogP contribution in [0, 0.1) is 0 Å². The second kappa shape index (κ2) is 5.82. The number of hydrogen-bond donors (Lipinski definition) is 4. The third-order valence-corrected chi connectivity index (χ3v) is 3.95. The molecule has 3 rings (SSSR count). The Morgan fingerprint density at radius 3 is 2.48 bits per heavy atom. The molecule has 0 saturated carbocycles. The van der Waals surface area contributed by atoms with Crippen LogP contribution in [-0.2, 0) is 4.74 Å². The van der Waals surface area contributed by atoms with E-state index in [9.17, 15) is 15.3 Å². The van der Waals surface area contributed by atoms with E-state index in [4.69, 9.17) is 9.47 Å². The normalized spacial score (nSPS) is 29.5. The summed E-state index contributed by atoms with van der Waals surface area (Å²) in [4.78, 5) is 0.818. The molecular formula is C15H16O5S. The molecule has 2 aromatic carbocycles. The first-order valence-electron chi connectivity index (χ1n) is 6.61. The minimum Gasteiger partial charge on any atom is -0.461 e. The highest BCUT2D eigenvalue weighted by Crippen LogP contribution is 2.32. The molecule has 0 spiro atoms. The molecule has 1 aliphatic heterocycles. The Hall–Kier alpha value is -1.31. The van der Waals surface area contributed by atoms with Gasteiger partial charge < -0.3 is 24.8 Å². The molecule has 1 aliphatic rings. The van der Waals surface area contributed by atoms with E-state index >= 15 is 0 Å². The monoisotopic (exact) mass is 308 g/mol. The van der Waals surface area contributed by atoms with Crippen molar-refractivity contribution < 1.29 is 24.8 Å². The molecule has 21 heavy (non-hydrogen) atoms. The molecule has 5 nitrogen and oxygen atoms in total. The highest BCUT2D eigenvalue weighted by Gasteiger charge is 2.39. The summed E-state index contributed by atoms with van der Waals surface area (Å²) in [5.41, 5.74) is 0. The van der Waals surface area contributed by atoms with Crippen molar-refractivity contribution in [3.8, 4) is 5.75 Å². The van der Waals surface area contributed by atoms with Gasteiger partial charge in [-0.2, -0.15) is 0 Å². The SMILES string of the molecule is O[C@@H]1[C@@H](O)[C@H](Oc2ccc(S)c3ccccc23)OC[C@H]1O. The van der Waals surface area contributed by atoms with Crippen molar-refractivity contribution in [2.75, 3.05) is 6.61 Å². The van der Waals surface area contributed by atoms with Crippen LogP contribution in [0.1, 0.15) is 0 Å². The Bertz CT molecular complexity index is 647. The van der Waals surface area contributed by atoms with E-state index in [0.29, 0.717) is 5.75 Å². The topological polar surface area (TPSA) is 79.2 Å². The number of thiol groups is 1. The van der Waals surface area contributed by atoms with Gasteiger partial charge in [-0.15, -0.1) is 12.6 Å². The predicted octanol–water partition coefficient (Wildman–Crippen LogP) is 0.946. The van der Waals surface area contributed by atoms with Gasteiger partial charge in [0.25, 0.3) is 0 Å². The van der Waals surface area contributed by atoms with Gasteiger partial charge in [-0.05, 0) is 17.5 Å². The quantitative estimate of drug-likeness (QED) is 0.621. The molecule has 112 valence electrons. The molecule has 0 aromatic heterocycles. The molecule has 1 fully saturated rings. The molecule has 3 N–H and O–H groups in total. The fraction of sp³-hybridized carbons (Fsp3) is 0.333. The Balaban J connectivity index is 1.90. The molecular weight excluding hydrogens is 292 g/mol. The fourth-order valence-electron chi connectivity index (χ4n) is 2.37. The Kier molecular flexibility index (Phi) is 4.05. The molecule has 0 aliphatic carbocycles. The minimum atomic E-state index is -1.32. The predicted molar refractivity (Wildman–Crippen MR) is 79.6 cm³/mol. The highest BCUT2D eigenvalue weighted by atomic mass is 32.1. The van der Waals surface area contributed by atoms with Gasteiger partial charge in [0.2, 0.25) is 6.29 Å². The van der Waals surface area contributed by atoms with Crippen molar-refractivity contribution in [1.29, 1.82) is 0 Å². The molecule has 0 radical (unpaired) electrons. The van der Waals surface area contributed by atoms with Gasteiger partial charge in [0, 0.05) is 10.3 Å². The number of aliphatic hydroxyl groups excluding tert-OH is 3. The van der Waals surface area contributed by atoms with Crippen LogP contribution >= 0.6 is 12.6 Å². The summed E-state index contributed by atoms with van der Waals surface area (Å²) in [5, 5.41) is 30.8. The number of rotatable bonds is 2. The molecule has 1 heterocycles. The Morgan fingerprint density at radius 1 is 1.00 bits per heavy atom. The third-order valence-electron chi connectivity index (χ3n) is 3.56. The van der Waals surface area contributed by atoms with Gasteiger partial charge in [-0.1, -0.05) is 24.3 Å². The standard InChI is InChI=1S/C15H16O5S/c16-10-7-19-15(14(18)13(10)17)20-11-5-6-12(21)9-4-2-1-3-8(9)11/h1-6,10,13-18,21H,7H2/t10-,13+,14-,15+/m1/s1. The highest BCUT2D eigenvalue weighted by molar-refractivity contribution is 7.80. The molecule has 0 unspecified atom stereocenters. The van der Waals surface area contributed by atoms with Crippen molar-refractivity contribution in [2.24, 2.45) is 0 Å². The third kappa shape index (κ3) is 2.73. The average Bonchev–Trinajstić information content (AvgIpc) is 2.50. The van der Waals surface area contributed by atoms with Gasteiger partial charge in [0.15, 0.2) is 0 Å². The first-order valence-corrected chi connectivity index (χ1v) is 7.06. The number of benzene rings is 2. The van der Waals surface area contributed by atoms with Gasteiger partial charge in [0.1, 0.15) is 24.1 Å². The summed E-state index contributed by atoms with van der Waals surface area (Å²) in [6.07, 6.45) is -4.75. The average molecular weight is 308 g/mol. The molecule has 4 atom stereocenters. The maximum Gasteiger partial charge on any atom is 0.228 e. The lowest BCUT2D eigenvalue weighted by Gasteiger charge is -2.35. The number of ether oxygens (including phenoxy) is 2. The van der Waals surface area contributed by atoms with Gasteiger partial charge in [0.05, 0.1) is 6.61 Å². The second-order valence-corrected chi connectivity index (χ2v) is 5.48. The first kappa shape index (κ1) is 14.6. The van der Waals surface area contributed by atoms with Crippen LogP contribution in [0.2, 0.25) is 0 Å². The van der Waals surface area contributed by atoms with E-state index in [2.05, 4.69) is 12.6 Å². The summed E-state index contributed by atoms with van der Waals surface area (Å²) in [7, 11) is 0. The molecule has 6 heteroatoms. The zero-order valence-corrected chi connectivity index (χ0v) is 12.0. The zero-order valence-electron chi connectivity index (χ0n) is 11.1. The van der Waals surface area contributed by atoms with Gasteiger partial charge in [-0.25, -0.2) is 0 Å². The van der Waals surface area contributed by atoms with Gasteiger partial charge in [-0.3, -0.25) is 0 Å². The van der Waals surface area contributed by atoms with E-state index in [1.54, 1.807) is 12.1 Å². The minimum absolute atomic E-state index is 0.0918. The molecule has 0 bridgehead atoms. The van der Waals surface area contributed by atoms with Crippen LogP contribution < -0.4 is 4.74 Å². The van der Waals surface area contributed by atoms with Crippen molar-refractivity contribution >= 4 is 23.4 Å². The summed E-state index contributed by atoms with van der Waals surface area (Å²) >= 11 is 4.40. The largest absolute Gasteiger partial charge is 0.461 e. The molecule has 0 amide bonds. The summed E-state index contributed by atoms with van der Waals surface area (Å²) in [6.45, 7) is -0.0918. The van der Waals surface area contributed by atoms with Crippen LogP contribution in [0.5, 0.6) is 5.75 Å². The Morgan fingerprint density at radius 2 is 1.71 bits per heavy atom. The van der Waals surface area contributed by atoms with Crippen LogP contribution in [0.15, 0.2) is 41.3 Å². The molecule has 1 saturated heterocycles.